The lowest BCUT2D eigenvalue weighted by molar-refractivity contribution is -0.122. The fourth-order valence-corrected chi connectivity index (χ4v) is 3.93. The molecule has 26 heavy (non-hydrogen) atoms. The van der Waals surface area contributed by atoms with Crippen LogP contribution in [0.15, 0.2) is 24.3 Å². The van der Waals surface area contributed by atoms with E-state index in [0.29, 0.717) is 6.42 Å². The van der Waals surface area contributed by atoms with Gasteiger partial charge in [-0.15, -0.1) is 0 Å². The third kappa shape index (κ3) is 4.52. The van der Waals surface area contributed by atoms with Crippen LogP contribution in [-0.2, 0) is 11.2 Å². The predicted molar refractivity (Wildman–Crippen MR) is 104 cm³/mol. The molecule has 0 aliphatic carbocycles. The second-order valence-electron chi connectivity index (χ2n) is 6.52. The van der Waals surface area contributed by atoms with E-state index in [1.165, 1.54) is 11.5 Å². The van der Waals surface area contributed by atoms with E-state index in [4.69, 9.17) is 4.74 Å². The van der Waals surface area contributed by atoms with Crippen molar-refractivity contribution in [3.63, 3.8) is 0 Å². The number of benzene rings is 1. The van der Waals surface area contributed by atoms with Gasteiger partial charge in [0.25, 0.3) is 0 Å². The van der Waals surface area contributed by atoms with Crippen LogP contribution < -0.4 is 15.0 Å². The Morgan fingerprint density at radius 2 is 2.35 bits per heavy atom. The first kappa shape index (κ1) is 18.6. The van der Waals surface area contributed by atoms with Crippen molar-refractivity contribution < 1.29 is 9.53 Å². The molecule has 0 unspecified atom stereocenters. The van der Waals surface area contributed by atoms with Gasteiger partial charge in [-0.2, -0.15) is 4.37 Å². The average Bonchev–Trinajstić information content (AvgIpc) is 3.31. The molecule has 6 nitrogen and oxygen atoms in total. The Balaban J connectivity index is 1.65. The van der Waals surface area contributed by atoms with Crippen LogP contribution >= 0.6 is 11.5 Å². The highest BCUT2D eigenvalue weighted by molar-refractivity contribution is 7.09. The van der Waals surface area contributed by atoms with Gasteiger partial charge in [0.1, 0.15) is 17.6 Å². The van der Waals surface area contributed by atoms with Crippen molar-refractivity contribution in [3.05, 3.63) is 35.7 Å². The fourth-order valence-electron chi connectivity index (χ4n) is 3.17. The molecule has 1 fully saturated rings. The van der Waals surface area contributed by atoms with E-state index in [-0.39, 0.29) is 11.9 Å². The van der Waals surface area contributed by atoms with Gasteiger partial charge in [-0.05, 0) is 37.0 Å². The number of carbonyl (C=O) groups excluding carboxylic acids is 1. The zero-order chi connectivity index (χ0) is 18.4. The minimum Gasteiger partial charge on any atom is -0.497 e. The average molecular weight is 375 g/mol. The smallest absolute Gasteiger partial charge is 0.242 e. The topological polar surface area (TPSA) is 67.4 Å². The second kappa shape index (κ2) is 8.98. The molecule has 1 aliphatic heterocycles. The molecule has 0 radical (unpaired) electrons. The highest BCUT2D eigenvalue weighted by Crippen LogP contribution is 2.28. The second-order valence-corrected chi connectivity index (χ2v) is 7.25. The first-order chi connectivity index (χ1) is 12.7. The number of hydrogen-bond donors (Lipinski definition) is 1. The number of hydrogen-bond acceptors (Lipinski definition) is 6. The lowest BCUT2D eigenvalue weighted by Crippen LogP contribution is -2.43. The molecule has 1 aromatic heterocycles. The molecule has 1 amide bonds. The summed E-state index contributed by atoms with van der Waals surface area (Å²) in [6, 6.07) is 7.82. The standard InChI is InChI=1S/C19H26N4O2S/c1-3-4-10-20-18(24)16-9-6-11-23(16)19-21-17(22-26-19)13-14-7-5-8-15(12-14)25-2/h5,7-8,12,16H,3-4,6,9-11,13H2,1-2H3,(H,20,24)/t16-/m1/s1. The van der Waals surface area contributed by atoms with Crippen molar-refractivity contribution in [1.29, 1.82) is 0 Å². The third-order valence-electron chi connectivity index (χ3n) is 4.58. The summed E-state index contributed by atoms with van der Waals surface area (Å²) in [6.45, 7) is 3.73. The number of aromatic nitrogens is 2. The van der Waals surface area contributed by atoms with E-state index in [2.05, 4.69) is 26.5 Å². The summed E-state index contributed by atoms with van der Waals surface area (Å²) >= 11 is 1.38. The molecule has 2 heterocycles. The Morgan fingerprint density at radius 1 is 1.46 bits per heavy atom. The Hall–Kier alpha value is -2.15. The monoisotopic (exact) mass is 374 g/mol. The van der Waals surface area contributed by atoms with E-state index in [1.54, 1.807) is 7.11 Å². The number of nitrogens with one attached hydrogen (secondary N) is 1. The number of nitrogens with zero attached hydrogens (tertiary/aromatic N) is 3. The van der Waals surface area contributed by atoms with Gasteiger partial charge in [-0.25, -0.2) is 4.98 Å². The molecule has 1 saturated heterocycles. The first-order valence-electron chi connectivity index (χ1n) is 9.21. The highest BCUT2D eigenvalue weighted by Gasteiger charge is 2.32. The molecule has 0 spiro atoms. The summed E-state index contributed by atoms with van der Waals surface area (Å²) in [5.74, 6) is 1.73. The van der Waals surface area contributed by atoms with Crippen LogP contribution in [0.3, 0.4) is 0 Å². The molecule has 1 aliphatic rings. The van der Waals surface area contributed by atoms with Gasteiger partial charge in [0.15, 0.2) is 0 Å². The van der Waals surface area contributed by atoms with Crippen molar-refractivity contribution >= 4 is 22.6 Å². The lowest BCUT2D eigenvalue weighted by atomic mass is 10.1. The summed E-state index contributed by atoms with van der Waals surface area (Å²) in [5, 5.41) is 3.89. The molecule has 1 atom stereocenters. The van der Waals surface area contributed by atoms with Crippen LogP contribution in [0.5, 0.6) is 5.75 Å². The summed E-state index contributed by atoms with van der Waals surface area (Å²) in [7, 11) is 1.66. The van der Waals surface area contributed by atoms with Crippen molar-refractivity contribution in [2.45, 2.75) is 45.1 Å². The molecule has 1 N–H and O–H groups in total. The van der Waals surface area contributed by atoms with Gasteiger partial charge in [0.05, 0.1) is 7.11 Å². The summed E-state index contributed by atoms with van der Waals surface area (Å²) in [6.07, 6.45) is 4.65. The first-order valence-corrected chi connectivity index (χ1v) is 9.98. The van der Waals surface area contributed by atoms with Gasteiger partial charge in [-0.1, -0.05) is 25.5 Å². The van der Waals surface area contributed by atoms with Crippen LogP contribution in [0.2, 0.25) is 0 Å². The van der Waals surface area contributed by atoms with E-state index >= 15 is 0 Å². The number of unbranched alkanes of at least 4 members (excludes halogenated alkanes) is 1. The van der Waals surface area contributed by atoms with Gasteiger partial charge in [0.2, 0.25) is 11.0 Å². The van der Waals surface area contributed by atoms with Crippen molar-refractivity contribution in [3.8, 4) is 5.75 Å². The number of methoxy groups -OCH3 is 1. The Bertz CT molecular complexity index is 734. The summed E-state index contributed by atoms with van der Waals surface area (Å²) in [5.41, 5.74) is 1.11. The van der Waals surface area contributed by atoms with Gasteiger partial charge >= 0.3 is 0 Å². The van der Waals surface area contributed by atoms with Crippen LogP contribution in [0, 0.1) is 0 Å². The minimum atomic E-state index is -0.121. The molecule has 7 heteroatoms. The molecule has 140 valence electrons. The number of anilines is 1. The quantitative estimate of drug-likeness (QED) is 0.720. The van der Waals surface area contributed by atoms with Gasteiger partial charge < -0.3 is 15.0 Å². The molecule has 0 bridgehead atoms. The molecule has 3 rings (SSSR count). The number of carbonyl (C=O) groups is 1. The fraction of sp³-hybridized carbons (Fsp3) is 0.526. The van der Waals surface area contributed by atoms with Crippen LogP contribution in [-0.4, -0.2) is 41.5 Å². The van der Waals surface area contributed by atoms with E-state index in [1.807, 2.05) is 24.3 Å². The molecular weight excluding hydrogens is 348 g/mol. The lowest BCUT2D eigenvalue weighted by Gasteiger charge is -2.22. The molecule has 2 aromatic rings. The van der Waals surface area contributed by atoms with Crippen LogP contribution in [0.4, 0.5) is 5.13 Å². The predicted octanol–water partition coefficient (Wildman–Crippen LogP) is 3.02. The third-order valence-corrected chi connectivity index (χ3v) is 5.38. The van der Waals surface area contributed by atoms with Crippen LogP contribution in [0.1, 0.15) is 44.0 Å². The molecule has 0 saturated carbocycles. The Morgan fingerprint density at radius 3 is 3.15 bits per heavy atom. The zero-order valence-electron chi connectivity index (χ0n) is 15.4. The summed E-state index contributed by atoms with van der Waals surface area (Å²) < 4.78 is 9.77. The highest BCUT2D eigenvalue weighted by atomic mass is 32.1. The van der Waals surface area contributed by atoms with E-state index in [0.717, 1.165) is 61.0 Å². The number of amides is 1. The van der Waals surface area contributed by atoms with Crippen molar-refractivity contribution in [2.75, 3.05) is 25.1 Å². The van der Waals surface area contributed by atoms with E-state index in [9.17, 15) is 4.79 Å². The van der Waals surface area contributed by atoms with Crippen molar-refractivity contribution in [2.24, 2.45) is 0 Å². The molecule has 1 aromatic carbocycles. The maximum Gasteiger partial charge on any atom is 0.242 e. The summed E-state index contributed by atoms with van der Waals surface area (Å²) in [4.78, 5) is 19.3. The van der Waals surface area contributed by atoms with E-state index < -0.39 is 0 Å². The van der Waals surface area contributed by atoms with Crippen LogP contribution in [0.25, 0.3) is 0 Å². The minimum absolute atomic E-state index is 0.112. The van der Waals surface area contributed by atoms with Crippen molar-refractivity contribution in [1.82, 2.24) is 14.7 Å². The maximum atomic E-state index is 12.5. The largest absolute Gasteiger partial charge is 0.497 e. The number of ether oxygens (including phenoxy) is 1. The normalized spacial score (nSPS) is 16.7. The maximum absolute atomic E-state index is 12.5. The Labute approximate surface area is 158 Å². The van der Waals surface area contributed by atoms with Gasteiger partial charge in [-0.3, -0.25) is 4.79 Å². The number of rotatable bonds is 8. The SMILES string of the molecule is CCCCNC(=O)[C@H]1CCCN1c1nc(Cc2cccc(OC)c2)ns1. The van der Waals surface area contributed by atoms with Gasteiger partial charge in [0, 0.05) is 31.0 Å². The molecular formula is C19H26N4O2S. The zero-order valence-corrected chi connectivity index (χ0v) is 16.2. The Kier molecular flexibility index (Phi) is 6.44.